The van der Waals surface area contributed by atoms with Gasteiger partial charge in [0.25, 0.3) is 5.91 Å². The zero-order chi connectivity index (χ0) is 20.4. The molecule has 2 aromatic carbocycles. The van der Waals surface area contributed by atoms with E-state index in [9.17, 15) is 14.4 Å². The van der Waals surface area contributed by atoms with Crippen molar-refractivity contribution in [3.8, 4) is 5.75 Å². The van der Waals surface area contributed by atoms with Gasteiger partial charge in [-0.25, -0.2) is 0 Å². The molecule has 0 bridgehead atoms. The summed E-state index contributed by atoms with van der Waals surface area (Å²) in [7, 11) is 1.52. The van der Waals surface area contributed by atoms with E-state index in [0.29, 0.717) is 23.5 Å². The molecule has 2 rings (SSSR count). The summed E-state index contributed by atoms with van der Waals surface area (Å²) in [4.78, 5) is 35.5. The lowest BCUT2D eigenvalue weighted by molar-refractivity contribution is -0.147. The number of benzene rings is 2. The van der Waals surface area contributed by atoms with Crippen LogP contribution in [0.25, 0.3) is 0 Å². The van der Waals surface area contributed by atoms with Crippen LogP contribution < -0.4 is 15.4 Å². The zero-order valence-electron chi connectivity index (χ0n) is 16.0. The van der Waals surface area contributed by atoms with E-state index in [-0.39, 0.29) is 25.4 Å². The molecular weight excluding hydrogens is 360 g/mol. The van der Waals surface area contributed by atoms with Crippen LogP contribution in [0.15, 0.2) is 48.5 Å². The molecule has 0 spiro atoms. The standard InChI is InChI=1S/C21H24N2O5/c1-15-10-12-16(13-11-15)22-20(25)14-28-21(26)9-5-8-19(24)23-17-6-3-4-7-18(17)27-2/h3-4,6-7,10-13H,5,8-9,14H2,1-2H3,(H,22,25)(H,23,24). The molecule has 7 heteroatoms. The Labute approximate surface area is 164 Å². The Morgan fingerprint density at radius 2 is 1.61 bits per heavy atom. The number of carbonyl (C=O) groups is 3. The normalized spacial score (nSPS) is 10.1. The second-order valence-corrected chi connectivity index (χ2v) is 6.18. The smallest absolute Gasteiger partial charge is 0.306 e. The monoisotopic (exact) mass is 384 g/mol. The number of aryl methyl sites for hydroxylation is 1. The van der Waals surface area contributed by atoms with Crippen LogP contribution in [0, 0.1) is 6.92 Å². The van der Waals surface area contributed by atoms with Crippen molar-refractivity contribution in [2.24, 2.45) is 0 Å². The second kappa shape index (κ2) is 10.7. The van der Waals surface area contributed by atoms with Gasteiger partial charge in [0, 0.05) is 18.5 Å². The lowest BCUT2D eigenvalue weighted by Gasteiger charge is -2.09. The summed E-state index contributed by atoms with van der Waals surface area (Å²) in [5.74, 6) is -0.598. The Balaban J connectivity index is 1.64. The minimum atomic E-state index is -0.524. The Kier molecular flexibility index (Phi) is 8.02. The van der Waals surface area contributed by atoms with Crippen LogP contribution in [0.5, 0.6) is 5.75 Å². The van der Waals surface area contributed by atoms with Gasteiger partial charge in [-0.2, -0.15) is 0 Å². The highest BCUT2D eigenvalue weighted by molar-refractivity contribution is 5.93. The molecule has 0 aliphatic heterocycles. The maximum Gasteiger partial charge on any atom is 0.306 e. The zero-order valence-corrected chi connectivity index (χ0v) is 16.0. The average Bonchev–Trinajstić information content (AvgIpc) is 2.68. The van der Waals surface area contributed by atoms with E-state index in [1.807, 2.05) is 19.1 Å². The minimum absolute atomic E-state index is 0.0527. The van der Waals surface area contributed by atoms with Gasteiger partial charge in [0.1, 0.15) is 5.75 Å². The Morgan fingerprint density at radius 1 is 0.893 bits per heavy atom. The van der Waals surface area contributed by atoms with Crippen molar-refractivity contribution in [2.75, 3.05) is 24.4 Å². The second-order valence-electron chi connectivity index (χ2n) is 6.18. The molecule has 0 radical (unpaired) electrons. The first kappa shape index (κ1) is 21.0. The van der Waals surface area contributed by atoms with Gasteiger partial charge in [0.05, 0.1) is 12.8 Å². The number of anilines is 2. The third-order valence-corrected chi connectivity index (χ3v) is 3.87. The van der Waals surface area contributed by atoms with Crippen LogP contribution in [0.2, 0.25) is 0 Å². The molecule has 2 N–H and O–H groups in total. The molecule has 0 fully saturated rings. The van der Waals surface area contributed by atoms with Crippen LogP contribution in [0.3, 0.4) is 0 Å². The number of amides is 2. The molecule has 0 aliphatic rings. The topological polar surface area (TPSA) is 93.7 Å². The van der Waals surface area contributed by atoms with Crippen molar-refractivity contribution in [3.63, 3.8) is 0 Å². The molecular formula is C21H24N2O5. The minimum Gasteiger partial charge on any atom is -0.495 e. The molecule has 28 heavy (non-hydrogen) atoms. The average molecular weight is 384 g/mol. The number of carbonyl (C=O) groups excluding carboxylic acids is 3. The Bertz CT molecular complexity index is 818. The fourth-order valence-electron chi connectivity index (χ4n) is 2.41. The first-order valence-corrected chi connectivity index (χ1v) is 8.93. The number of rotatable bonds is 9. The summed E-state index contributed by atoms with van der Waals surface area (Å²) in [5.41, 5.74) is 2.30. The Hall–Kier alpha value is -3.35. The van der Waals surface area contributed by atoms with E-state index in [4.69, 9.17) is 9.47 Å². The molecule has 0 saturated heterocycles. The first-order valence-electron chi connectivity index (χ1n) is 8.93. The van der Waals surface area contributed by atoms with E-state index in [1.54, 1.807) is 36.4 Å². The molecule has 148 valence electrons. The number of hydrogen-bond acceptors (Lipinski definition) is 5. The van der Waals surface area contributed by atoms with Crippen molar-refractivity contribution in [2.45, 2.75) is 26.2 Å². The third kappa shape index (κ3) is 7.11. The number of hydrogen-bond donors (Lipinski definition) is 2. The lowest BCUT2D eigenvalue weighted by Crippen LogP contribution is -2.21. The highest BCUT2D eigenvalue weighted by Gasteiger charge is 2.11. The van der Waals surface area contributed by atoms with Gasteiger partial charge >= 0.3 is 5.97 Å². The fourth-order valence-corrected chi connectivity index (χ4v) is 2.41. The summed E-state index contributed by atoms with van der Waals surface area (Å²) < 4.78 is 10.1. The summed E-state index contributed by atoms with van der Waals surface area (Å²) in [5, 5.41) is 5.38. The van der Waals surface area contributed by atoms with Crippen LogP contribution in [0.1, 0.15) is 24.8 Å². The van der Waals surface area contributed by atoms with Gasteiger partial charge in [-0.15, -0.1) is 0 Å². The molecule has 0 aliphatic carbocycles. The molecule has 2 aromatic rings. The Morgan fingerprint density at radius 3 is 2.32 bits per heavy atom. The van der Waals surface area contributed by atoms with E-state index in [2.05, 4.69) is 10.6 Å². The van der Waals surface area contributed by atoms with E-state index >= 15 is 0 Å². The van der Waals surface area contributed by atoms with Crippen LogP contribution in [0.4, 0.5) is 11.4 Å². The summed E-state index contributed by atoms with van der Waals surface area (Å²) in [6.07, 6.45) is 0.527. The molecule has 0 saturated carbocycles. The van der Waals surface area contributed by atoms with Gasteiger partial charge in [-0.3, -0.25) is 14.4 Å². The van der Waals surface area contributed by atoms with Gasteiger partial charge in [0.15, 0.2) is 6.61 Å². The van der Waals surface area contributed by atoms with Crippen molar-refractivity contribution in [1.29, 1.82) is 0 Å². The molecule has 0 aromatic heterocycles. The number of esters is 1. The number of methoxy groups -OCH3 is 1. The fraction of sp³-hybridized carbons (Fsp3) is 0.286. The van der Waals surface area contributed by atoms with Crippen molar-refractivity contribution in [1.82, 2.24) is 0 Å². The number of ether oxygens (including phenoxy) is 2. The number of para-hydroxylation sites is 2. The maximum absolute atomic E-state index is 12.0. The van der Waals surface area contributed by atoms with Gasteiger partial charge in [-0.1, -0.05) is 29.8 Å². The largest absolute Gasteiger partial charge is 0.495 e. The van der Waals surface area contributed by atoms with Crippen molar-refractivity contribution >= 4 is 29.2 Å². The molecule has 7 nitrogen and oxygen atoms in total. The third-order valence-electron chi connectivity index (χ3n) is 3.87. The predicted molar refractivity (Wildman–Crippen MR) is 106 cm³/mol. The maximum atomic E-state index is 12.0. The molecule has 2 amide bonds. The molecule has 0 heterocycles. The highest BCUT2D eigenvalue weighted by atomic mass is 16.5. The first-order chi connectivity index (χ1) is 13.5. The number of nitrogens with one attached hydrogen (secondary N) is 2. The highest BCUT2D eigenvalue weighted by Crippen LogP contribution is 2.23. The molecule has 0 atom stereocenters. The van der Waals surface area contributed by atoms with Crippen molar-refractivity contribution < 1.29 is 23.9 Å². The van der Waals surface area contributed by atoms with Crippen molar-refractivity contribution in [3.05, 3.63) is 54.1 Å². The van der Waals surface area contributed by atoms with Gasteiger partial charge < -0.3 is 20.1 Å². The van der Waals surface area contributed by atoms with Gasteiger partial charge in [-0.05, 0) is 37.6 Å². The van der Waals surface area contributed by atoms with Gasteiger partial charge in [0.2, 0.25) is 5.91 Å². The lowest BCUT2D eigenvalue weighted by atomic mass is 10.2. The quantitative estimate of drug-likeness (QED) is 0.647. The SMILES string of the molecule is COc1ccccc1NC(=O)CCCC(=O)OCC(=O)Nc1ccc(C)cc1. The van der Waals surface area contributed by atoms with Crippen LogP contribution >= 0.6 is 0 Å². The van der Waals surface area contributed by atoms with E-state index < -0.39 is 11.9 Å². The van der Waals surface area contributed by atoms with Crippen LogP contribution in [-0.2, 0) is 19.1 Å². The summed E-state index contributed by atoms with van der Waals surface area (Å²) in [6, 6.07) is 14.4. The predicted octanol–water partition coefficient (Wildman–Crippen LogP) is 3.29. The molecule has 0 unspecified atom stereocenters. The van der Waals surface area contributed by atoms with Crippen LogP contribution in [-0.4, -0.2) is 31.5 Å². The van der Waals surface area contributed by atoms with E-state index in [1.165, 1.54) is 7.11 Å². The summed E-state index contributed by atoms with van der Waals surface area (Å²) >= 11 is 0. The summed E-state index contributed by atoms with van der Waals surface area (Å²) in [6.45, 7) is 1.59. The van der Waals surface area contributed by atoms with E-state index in [0.717, 1.165) is 5.56 Å².